The first-order chi connectivity index (χ1) is 13.7. The number of amides is 2. The summed E-state index contributed by atoms with van der Waals surface area (Å²) in [5.41, 5.74) is 1.14. The highest BCUT2D eigenvalue weighted by molar-refractivity contribution is 5.80. The summed E-state index contributed by atoms with van der Waals surface area (Å²) in [6, 6.07) is 2.52. The van der Waals surface area contributed by atoms with Crippen LogP contribution in [0.5, 0.6) is 0 Å². The van der Waals surface area contributed by atoms with Crippen LogP contribution in [0.2, 0.25) is 0 Å². The fraction of sp³-hybridized carbons (Fsp3) is 0.762. The van der Waals surface area contributed by atoms with Crippen molar-refractivity contribution in [3.05, 3.63) is 18.0 Å². The van der Waals surface area contributed by atoms with Crippen LogP contribution in [0.25, 0.3) is 0 Å². The van der Waals surface area contributed by atoms with Gasteiger partial charge in [-0.15, -0.1) is 0 Å². The molecule has 28 heavy (non-hydrogen) atoms. The van der Waals surface area contributed by atoms with Crippen molar-refractivity contribution in [1.82, 2.24) is 25.3 Å². The summed E-state index contributed by atoms with van der Waals surface area (Å²) < 4.78 is 0. The van der Waals surface area contributed by atoms with E-state index in [1.165, 1.54) is 12.8 Å². The van der Waals surface area contributed by atoms with Gasteiger partial charge in [0.15, 0.2) is 0 Å². The van der Waals surface area contributed by atoms with Crippen LogP contribution in [-0.2, 0) is 16.1 Å². The summed E-state index contributed by atoms with van der Waals surface area (Å²) in [6.07, 6.45) is 8.97. The summed E-state index contributed by atoms with van der Waals surface area (Å²) in [4.78, 5) is 30.0. The lowest BCUT2D eigenvalue weighted by Gasteiger charge is -2.56. The zero-order chi connectivity index (χ0) is 19.1. The second-order valence-corrected chi connectivity index (χ2v) is 9.23. The SMILES string of the molecule is O=C(NC[C@H]1[C@H]2C[C@H](CN(Cc3ccn[nH]3)C2)[C@@H]2CCCC(=O)N21)C1CCC1. The lowest BCUT2D eigenvalue weighted by molar-refractivity contribution is -0.153. The number of likely N-dealkylation sites (tertiary alicyclic amines) is 1. The maximum atomic E-state index is 12.8. The van der Waals surface area contributed by atoms with Crippen molar-refractivity contribution in [2.24, 2.45) is 17.8 Å². The van der Waals surface area contributed by atoms with Crippen LogP contribution in [0.3, 0.4) is 0 Å². The lowest BCUT2D eigenvalue weighted by Crippen LogP contribution is -2.67. The first kappa shape index (κ1) is 18.2. The molecule has 1 saturated carbocycles. The second kappa shape index (κ2) is 7.50. The van der Waals surface area contributed by atoms with Gasteiger partial charge in [0.2, 0.25) is 11.8 Å². The molecule has 4 heterocycles. The third-order valence-electron chi connectivity index (χ3n) is 7.49. The fourth-order valence-electron chi connectivity index (χ4n) is 5.90. The van der Waals surface area contributed by atoms with E-state index >= 15 is 0 Å². The fourth-order valence-corrected chi connectivity index (χ4v) is 5.90. The smallest absolute Gasteiger partial charge is 0.223 e. The number of carbonyl (C=O) groups is 2. The van der Waals surface area contributed by atoms with Gasteiger partial charge in [-0.05, 0) is 50.0 Å². The zero-order valence-corrected chi connectivity index (χ0v) is 16.5. The molecule has 3 aliphatic heterocycles. The Hall–Kier alpha value is -1.89. The van der Waals surface area contributed by atoms with Crippen LogP contribution in [0.4, 0.5) is 0 Å². The quantitative estimate of drug-likeness (QED) is 0.805. The van der Waals surface area contributed by atoms with E-state index in [1.807, 2.05) is 6.07 Å². The summed E-state index contributed by atoms with van der Waals surface area (Å²) in [5, 5.41) is 10.4. The number of piperidine rings is 3. The number of rotatable bonds is 5. The monoisotopic (exact) mass is 385 g/mol. The molecule has 4 fully saturated rings. The molecule has 3 saturated heterocycles. The van der Waals surface area contributed by atoms with Crippen molar-refractivity contribution < 1.29 is 9.59 Å². The van der Waals surface area contributed by atoms with Crippen LogP contribution >= 0.6 is 0 Å². The lowest BCUT2D eigenvalue weighted by atomic mass is 9.72. The standard InChI is InChI=1S/C21H31N5O2/c27-20-6-2-5-18-15-9-16(12-25(11-15)13-17-7-8-23-24-17)19(26(18)20)10-22-21(28)14-3-1-4-14/h7-8,14-16,18-19H,1-6,9-13H2,(H,22,28)(H,23,24)/t15-,16+,18+,19+/m1/s1. The van der Waals surface area contributed by atoms with E-state index < -0.39 is 0 Å². The van der Waals surface area contributed by atoms with E-state index in [-0.39, 0.29) is 17.9 Å². The highest BCUT2D eigenvalue weighted by Crippen LogP contribution is 2.41. The Morgan fingerprint density at radius 2 is 2.07 bits per heavy atom. The summed E-state index contributed by atoms with van der Waals surface area (Å²) in [7, 11) is 0. The molecule has 4 atom stereocenters. The Bertz CT molecular complexity index is 716. The number of hydrogen-bond donors (Lipinski definition) is 2. The van der Waals surface area contributed by atoms with Crippen LogP contribution < -0.4 is 5.32 Å². The highest BCUT2D eigenvalue weighted by Gasteiger charge is 2.49. The molecule has 0 spiro atoms. The van der Waals surface area contributed by atoms with Gasteiger partial charge in [0.05, 0.1) is 6.04 Å². The topological polar surface area (TPSA) is 81.3 Å². The molecule has 1 aromatic heterocycles. The van der Waals surface area contributed by atoms with Gasteiger partial charge in [0.1, 0.15) is 0 Å². The Kier molecular flexibility index (Phi) is 4.87. The van der Waals surface area contributed by atoms with Gasteiger partial charge in [0, 0.05) is 56.5 Å². The van der Waals surface area contributed by atoms with Crippen molar-refractivity contribution in [2.45, 2.75) is 63.6 Å². The van der Waals surface area contributed by atoms with Crippen molar-refractivity contribution in [3.8, 4) is 0 Å². The van der Waals surface area contributed by atoms with Crippen LogP contribution in [0, 0.1) is 17.8 Å². The average molecular weight is 386 g/mol. The summed E-state index contributed by atoms with van der Waals surface area (Å²) in [6.45, 7) is 3.53. The normalized spacial score (nSPS) is 33.3. The Morgan fingerprint density at radius 3 is 2.82 bits per heavy atom. The number of hydrogen-bond acceptors (Lipinski definition) is 4. The number of H-pyrrole nitrogens is 1. The minimum absolute atomic E-state index is 0.141. The molecule has 2 amide bonds. The molecule has 0 aromatic carbocycles. The van der Waals surface area contributed by atoms with Gasteiger partial charge in [-0.3, -0.25) is 19.6 Å². The zero-order valence-electron chi connectivity index (χ0n) is 16.5. The summed E-state index contributed by atoms with van der Waals surface area (Å²) >= 11 is 0. The van der Waals surface area contributed by atoms with Gasteiger partial charge >= 0.3 is 0 Å². The molecular weight excluding hydrogens is 354 g/mol. The van der Waals surface area contributed by atoms with Gasteiger partial charge in [-0.2, -0.15) is 5.10 Å². The molecule has 2 N–H and O–H groups in total. The Labute approximate surface area is 166 Å². The van der Waals surface area contributed by atoms with Gasteiger partial charge < -0.3 is 10.2 Å². The largest absolute Gasteiger partial charge is 0.354 e. The van der Waals surface area contributed by atoms with E-state index in [4.69, 9.17) is 0 Å². The van der Waals surface area contributed by atoms with Gasteiger partial charge in [-0.25, -0.2) is 0 Å². The number of aromatic nitrogens is 2. The number of fused-ring (bicyclic) bond motifs is 4. The minimum atomic E-state index is 0.141. The molecule has 5 rings (SSSR count). The third kappa shape index (κ3) is 3.34. The average Bonchev–Trinajstić information content (AvgIpc) is 3.13. The van der Waals surface area contributed by atoms with Crippen molar-refractivity contribution in [1.29, 1.82) is 0 Å². The first-order valence-electron chi connectivity index (χ1n) is 11.0. The minimum Gasteiger partial charge on any atom is -0.354 e. The van der Waals surface area contributed by atoms with E-state index in [9.17, 15) is 9.59 Å². The second-order valence-electron chi connectivity index (χ2n) is 9.23. The Morgan fingerprint density at radius 1 is 1.21 bits per heavy atom. The van der Waals surface area contributed by atoms with E-state index in [2.05, 4.69) is 25.3 Å². The third-order valence-corrected chi connectivity index (χ3v) is 7.49. The molecule has 4 aliphatic rings. The summed E-state index contributed by atoms with van der Waals surface area (Å²) in [5.74, 6) is 1.67. The number of carbonyl (C=O) groups excluding carboxylic acids is 2. The van der Waals surface area contributed by atoms with Gasteiger partial charge in [-0.1, -0.05) is 6.42 Å². The van der Waals surface area contributed by atoms with E-state index in [0.717, 1.165) is 51.0 Å². The van der Waals surface area contributed by atoms with Crippen LogP contribution in [0.15, 0.2) is 12.3 Å². The van der Waals surface area contributed by atoms with Gasteiger partial charge in [0.25, 0.3) is 0 Å². The first-order valence-corrected chi connectivity index (χ1v) is 11.0. The Balaban J connectivity index is 1.32. The van der Waals surface area contributed by atoms with Crippen molar-refractivity contribution in [2.75, 3.05) is 19.6 Å². The molecule has 152 valence electrons. The predicted octanol–water partition coefficient (Wildman–Crippen LogP) is 1.53. The maximum Gasteiger partial charge on any atom is 0.223 e. The number of aromatic amines is 1. The van der Waals surface area contributed by atoms with Crippen LogP contribution in [-0.4, -0.2) is 63.5 Å². The predicted molar refractivity (Wildman–Crippen MR) is 104 cm³/mol. The molecule has 1 aromatic rings. The molecule has 7 nitrogen and oxygen atoms in total. The molecule has 2 bridgehead atoms. The molecule has 1 aliphatic carbocycles. The maximum absolute atomic E-state index is 12.8. The molecule has 0 unspecified atom stereocenters. The van der Waals surface area contributed by atoms with Crippen LogP contribution in [0.1, 0.15) is 50.6 Å². The highest BCUT2D eigenvalue weighted by atomic mass is 16.2. The number of nitrogens with one attached hydrogen (secondary N) is 2. The van der Waals surface area contributed by atoms with Crippen molar-refractivity contribution in [3.63, 3.8) is 0 Å². The van der Waals surface area contributed by atoms with Crippen molar-refractivity contribution >= 4 is 11.8 Å². The number of nitrogens with zero attached hydrogens (tertiary/aromatic N) is 3. The van der Waals surface area contributed by atoms with E-state index in [0.29, 0.717) is 36.8 Å². The molecule has 7 heteroatoms. The molecular formula is C21H31N5O2. The van der Waals surface area contributed by atoms with E-state index in [1.54, 1.807) is 6.20 Å². The molecule has 0 radical (unpaired) electrons.